The molecule has 0 fully saturated rings. The predicted octanol–water partition coefficient (Wildman–Crippen LogP) is 3.07. The highest BCUT2D eigenvalue weighted by Crippen LogP contribution is 2.27. The van der Waals surface area contributed by atoms with E-state index in [0.717, 1.165) is 24.6 Å². The van der Waals surface area contributed by atoms with Gasteiger partial charge in [-0.15, -0.1) is 0 Å². The number of anilines is 1. The van der Waals surface area contributed by atoms with Gasteiger partial charge in [0.25, 0.3) is 0 Å². The maximum absolute atomic E-state index is 5.42. The second-order valence-electron chi connectivity index (χ2n) is 2.77. The van der Waals surface area contributed by atoms with Gasteiger partial charge in [-0.2, -0.15) is 0 Å². The van der Waals surface area contributed by atoms with Gasteiger partial charge in [-0.05, 0) is 24.6 Å². The van der Waals surface area contributed by atoms with Gasteiger partial charge in [-0.25, -0.2) is 0 Å². The van der Waals surface area contributed by atoms with E-state index in [0.29, 0.717) is 0 Å². The van der Waals surface area contributed by atoms with Crippen molar-refractivity contribution >= 4 is 5.69 Å². The summed E-state index contributed by atoms with van der Waals surface area (Å²) in [6.07, 6.45) is 0. The number of hydrogen-bond acceptors (Lipinski definition) is 2. The van der Waals surface area contributed by atoms with Crippen LogP contribution >= 0.6 is 0 Å². The number of ether oxygens (including phenoxy) is 1. The summed E-state index contributed by atoms with van der Waals surface area (Å²) in [5.74, 6) is 0.974. The van der Waals surface area contributed by atoms with Crippen molar-refractivity contribution in [2.24, 2.45) is 0 Å². The van der Waals surface area contributed by atoms with Crippen molar-refractivity contribution in [3.05, 3.63) is 23.8 Å². The van der Waals surface area contributed by atoms with Crippen LogP contribution in [0.3, 0.4) is 0 Å². The minimum atomic E-state index is 0. The van der Waals surface area contributed by atoms with Crippen molar-refractivity contribution in [1.82, 2.24) is 0 Å². The molecule has 74 valence electrons. The van der Waals surface area contributed by atoms with E-state index in [1.165, 1.54) is 5.56 Å². The zero-order valence-corrected chi connectivity index (χ0v) is 8.55. The lowest BCUT2D eigenvalue weighted by atomic mass is 10.2. The molecule has 1 aliphatic rings. The quantitative estimate of drug-likeness (QED) is 0.664. The summed E-state index contributed by atoms with van der Waals surface area (Å²) in [6.45, 7) is 7.77. The van der Waals surface area contributed by atoms with Crippen LogP contribution in [-0.2, 0) is 0 Å². The Balaban J connectivity index is 0.000000531. The zero-order valence-electron chi connectivity index (χ0n) is 8.55. The van der Waals surface area contributed by atoms with Crippen LogP contribution in [0.1, 0.15) is 20.8 Å². The Hall–Kier alpha value is -1.18. The van der Waals surface area contributed by atoms with E-state index in [1.807, 2.05) is 19.9 Å². The fraction of sp³-hybridized carbons (Fsp3) is 0.455. The molecule has 0 saturated heterocycles. The summed E-state index contributed by atoms with van der Waals surface area (Å²) < 4.78 is 5.42. The topological polar surface area (TPSA) is 21.3 Å². The molecular weight excluding hydrogens is 162 g/mol. The predicted molar refractivity (Wildman–Crippen MR) is 58.6 cm³/mol. The summed E-state index contributed by atoms with van der Waals surface area (Å²) in [4.78, 5) is 0. The van der Waals surface area contributed by atoms with Gasteiger partial charge >= 0.3 is 0 Å². The number of hydrogen-bond donors (Lipinski definition) is 1. The van der Waals surface area contributed by atoms with Gasteiger partial charge in [0.15, 0.2) is 0 Å². The van der Waals surface area contributed by atoms with Crippen molar-refractivity contribution in [2.45, 2.75) is 20.8 Å². The molecule has 2 rings (SSSR count). The highest BCUT2D eigenvalue weighted by atomic mass is 16.5. The van der Waals surface area contributed by atoms with Crippen molar-refractivity contribution in [1.29, 1.82) is 0 Å². The number of aryl methyl sites for hydroxylation is 1. The van der Waals surface area contributed by atoms with Gasteiger partial charge in [-0.1, -0.05) is 19.9 Å². The van der Waals surface area contributed by atoms with Gasteiger partial charge in [0.05, 0.1) is 5.69 Å². The van der Waals surface area contributed by atoms with Gasteiger partial charge < -0.3 is 10.1 Å². The van der Waals surface area contributed by atoms with E-state index in [4.69, 9.17) is 4.74 Å². The second-order valence-corrected chi connectivity index (χ2v) is 2.77. The minimum Gasteiger partial charge on any atom is -0.490 e. The van der Waals surface area contributed by atoms with Crippen LogP contribution in [0.15, 0.2) is 18.2 Å². The molecule has 13 heavy (non-hydrogen) atoms. The summed E-state index contributed by atoms with van der Waals surface area (Å²) in [5.41, 5.74) is 2.39. The molecule has 2 nitrogen and oxygen atoms in total. The number of benzene rings is 1. The van der Waals surface area contributed by atoms with Crippen LogP contribution in [0, 0.1) is 6.92 Å². The maximum atomic E-state index is 5.42. The second kappa shape index (κ2) is 4.75. The summed E-state index contributed by atoms with van der Waals surface area (Å²) >= 11 is 0. The Labute approximate surface area is 81.4 Å². The molecule has 0 amide bonds. The molecule has 1 N–H and O–H groups in total. The summed E-state index contributed by atoms with van der Waals surface area (Å²) in [7, 11) is 0. The van der Waals surface area contributed by atoms with Crippen molar-refractivity contribution < 1.29 is 6.16 Å². The molecule has 1 heterocycles. The molecule has 0 unspecified atom stereocenters. The molecule has 2 heteroatoms. The lowest BCUT2D eigenvalue weighted by Gasteiger charge is -2.18. The van der Waals surface area contributed by atoms with Crippen LogP contribution < -0.4 is 10.1 Å². The monoisotopic (exact) mass is 181 g/mol. The lowest BCUT2D eigenvalue weighted by molar-refractivity contribution is 0.323. The normalized spacial score (nSPS) is 12.8. The smallest absolute Gasteiger partial charge is 0.142 e. The minimum absolute atomic E-state index is 0. The molecule has 0 saturated carbocycles. The Morgan fingerprint density at radius 1 is 1.38 bits per heavy atom. The molecule has 0 spiro atoms. The third kappa shape index (κ3) is 2.38. The van der Waals surface area contributed by atoms with E-state index in [2.05, 4.69) is 24.4 Å². The van der Waals surface area contributed by atoms with Gasteiger partial charge in [0, 0.05) is 7.97 Å². The van der Waals surface area contributed by atoms with Crippen LogP contribution in [0.4, 0.5) is 5.69 Å². The molecule has 1 aromatic carbocycles. The summed E-state index contributed by atoms with van der Waals surface area (Å²) in [5, 5.41) is 3.28. The molecule has 0 atom stereocenters. The Kier molecular flexibility index (Phi) is 3.62. The Morgan fingerprint density at radius 2 is 2.15 bits per heavy atom. The first-order valence-corrected chi connectivity index (χ1v) is 4.83. The standard InChI is InChI=1S/C9H11NO.C2H6.H2/c1-7-2-3-9-8(6-7)10-4-5-11-9;1-2;/h2-3,6,10H,4-5H2,1H3;1-2H3;1H. The van der Waals surface area contributed by atoms with Gasteiger partial charge in [0.1, 0.15) is 12.4 Å². The van der Waals surface area contributed by atoms with Crippen LogP contribution in [0.2, 0.25) is 0 Å². The SMILES string of the molecule is CC.Cc1ccc2c(c1)NCCO2.[HH]. The zero-order chi connectivity index (χ0) is 9.68. The van der Waals surface area contributed by atoms with Gasteiger partial charge in [-0.3, -0.25) is 0 Å². The number of nitrogens with one attached hydrogen (secondary N) is 1. The Morgan fingerprint density at radius 3 is 2.92 bits per heavy atom. The molecule has 0 aliphatic carbocycles. The fourth-order valence-corrected chi connectivity index (χ4v) is 1.25. The number of fused-ring (bicyclic) bond motifs is 1. The van der Waals surface area contributed by atoms with Crippen LogP contribution in [-0.4, -0.2) is 13.2 Å². The van der Waals surface area contributed by atoms with Crippen molar-refractivity contribution in [2.75, 3.05) is 18.5 Å². The maximum Gasteiger partial charge on any atom is 0.142 e. The first-order chi connectivity index (χ1) is 6.36. The molecule has 1 aromatic rings. The first kappa shape index (κ1) is 9.90. The third-order valence-electron chi connectivity index (χ3n) is 1.81. The highest BCUT2D eigenvalue weighted by molar-refractivity contribution is 5.59. The van der Waals surface area contributed by atoms with E-state index in [1.54, 1.807) is 0 Å². The molecular formula is C11H19NO. The van der Waals surface area contributed by atoms with Crippen molar-refractivity contribution in [3.8, 4) is 5.75 Å². The average molecular weight is 181 g/mol. The molecule has 0 aromatic heterocycles. The molecule has 0 bridgehead atoms. The van der Waals surface area contributed by atoms with E-state index < -0.39 is 0 Å². The lowest BCUT2D eigenvalue weighted by Crippen LogP contribution is -2.17. The van der Waals surface area contributed by atoms with Crippen molar-refractivity contribution in [3.63, 3.8) is 0 Å². The van der Waals surface area contributed by atoms with E-state index >= 15 is 0 Å². The average Bonchev–Trinajstić information content (AvgIpc) is 2.21. The molecule has 0 radical (unpaired) electrons. The number of rotatable bonds is 0. The van der Waals surface area contributed by atoms with E-state index in [9.17, 15) is 0 Å². The van der Waals surface area contributed by atoms with E-state index in [-0.39, 0.29) is 1.43 Å². The van der Waals surface area contributed by atoms with Crippen LogP contribution in [0.5, 0.6) is 5.75 Å². The Bertz CT molecular complexity index is 276. The third-order valence-corrected chi connectivity index (χ3v) is 1.81. The molecule has 1 aliphatic heterocycles. The van der Waals surface area contributed by atoms with Crippen LogP contribution in [0.25, 0.3) is 0 Å². The largest absolute Gasteiger partial charge is 0.490 e. The fourth-order valence-electron chi connectivity index (χ4n) is 1.25. The summed E-state index contributed by atoms with van der Waals surface area (Å²) in [6, 6.07) is 6.18. The van der Waals surface area contributed by atoms with Gasteiger partial charge in [0.2, 0.25) is 0 Å². The first-order valence-electron chi connectivity index (χ1n) is 4.83. The highest BCUT2D eigenvalue weighted by Gasteiger charge is 2.07.